The van der Waals surface area contributed by atoms with E-state index < -0.39 is 30.3 Å². The molecule has 2 rings (SSSR count). The lowest BCUT2D eigenvalue weighted by atomic mass is 10.0. The summed E-state index contributed by atoms with van der Waals surface area (Å²) >= 11 is 11.9. The van der Waals surface area contributed by atoms with Gasteiger partial charge in [-0.3, -0.25) is 9.69 Å². The molecule has 6 nitrogen and oxygen atoms in total. The maximum absolute atomic E-state index is 13.7. The number of rotatable bonds is 5. The third-order valence-corrected chi connectivity index (χ3v) is 4.57. The van der Waals surface area contributed by atoms with Crippen molar-refractivity contribution in [2.24, 2.45) is 5.73 Å². The Hall–Kier alpha value is -0.960. The van der Waals surface area contributed by atoms with Gasteiger partial charge in [-0.05, 0) is 30.2 Å². The van der Waals surface area contributed by atoms with Gasteiger partial charge in [0.05, 0.1) is 6.54 Å². The van der Waals surface area contributed by atoms with E-state index in [-0.39, 0.29) is 24.0 Å². The number of hydrogen-bond acceptors (Lipinski definition) is 5. The molecule has 2 unspecified atom stereocenters. The molecule has 1 saturated heterocycles. The lowest BCUT2D eigenvalue weighted by Crippen LogP contribution is -2.45. The molecule has 23 heavy (non-hydrogen) atoms. The van der Waals surface area contributed by atoms with Crippen LogP contribution in [0.25, 0.3) is 0 Å². The Kier molecular flexibility index (Phi) is 5.83. The third-order valence-electron chi connectivity index (χ3n) is 3.96. The molecule has 1 aliphatic rings. The number of alkyl halides is 1. The molecule has 1 aromatic rings. The van der Waals surface area contributed by atoms with Crippen LogP contribution in [0.15, 0.2) is 12.1 Å². The van der Waals surface area contributed by atoms with Crippen LogP contribution in [-0.4, -0.2) is 51.6 Å². The van der Waals surface area contributed by atoms with Gasteiger partial charge in [-0.1, -0.05) is 11.6 Å². The highest BCUT2D eigenvalue weighted by molar-refractivity contribution is 6.32. The van der Waals surface area contributed by atoms with Gasteiger partial charge in [0.25, 0.3) is 0 Å². The quantitative estimate of drug-likeness (QED) is 0.676. The Bertz CT molecular complexity index is 605. The molecular formula is C14H18Cl2FN3O3. The van der Waals surface area contributed by atoms with Crippen LogP contribution in [0.1, 0.15) is 24.1 Å². The summed E-state index contributed by atoms with van der Waals surface area (Å²) in [5.74, 6) is -1.11. The molecule has 1 amide bonds. The second-order valence-electron chi connectivity index (χ2n) is 5.43. The highest BCUT2D eigenvalue weighted by atomic mass is 35.5. The summed E-state index contributed by atoms with van der Waals surface area (Å²) in [5, 5.41) is 20.5. The number of primary amides is 1. The molecule has 0 saturated carbocycles. The highest BCUT2D eigenvalue weighted by Crippen LogP contribution is 2.34. The zero-order valence-electron chi connectivity index (χ0n) is 12.4. The van der Waals surface area contributed by atoms with Gasteiger partial charge in [0.15, 0.2) is 6.35 Å². The van der Waals surface area contributed by atoms with Crippen LogP contribution >= 0.6 is 23.2 Å². The van der Waals surface area contributed by atoms with Gasteiger partial charge in [-0.25, -0.2) is 9.29 Å². The molecule has 1 heterocycles. The zero-order chi connectivity index (χ0) is 17.3. The number of amides is 1. The Morgan fingerprint density at radius 2 is 2.17 bits per heavy atom. The molecule has 0 aromatic heterocycles. The average molecular weight is 366 g/mol. The minimum absolute atomic E-state index is 0.0610. The first-order chi connectivity index (χ1) is 10.8. The van der Waals surface area contributed by atoms with E-state index in [2.05, 4.69) is 0 Å². The Balaban J connectivity index is 2.31. The molecular weight excluding hydrogens is 348 g/mol. The van der Waals surface area contributed by atoms with E-state index in [1.807, 2.05) is 0 Å². The Labute approximate surface area is 143 Å². The van der Waals surface area contributed by atoms with Gasteiger partial charge in [-0.2, -0.15) is 0 Å². The molecule has 1 aromatic carbocycles. The number of β-amino-alcohol motifs (C(OH)–C–C–N with tert-alkyl or cyclic N) is 1. The second kappa shape index (κ2) is 7.29. The minimum Gasteiger partial charge on any atom is -0.377 e. The second-order valence-corrected chi connectivity index (χ2v) is 6.10. The Morgan fingerprint density at radius 1 is 1.52 bits per heavy atom. The number of halogens is 3. The number of carbonyl (C=O) groups is 1. The van der Waals surface area contributed by atoms with Crippen LogP contribution < -0.4 is 5.73 Å². The molecule has 1 aliphatic heterocycles. The lowest BCUT2D eigenvalue weighted by Gasteiger charge is -2.30. The summed E-state index contributed by atoms with van der Waals surface area (Å²) in [4.78, 5) is 13.7. The highest BCUT2D eigenvalue weighted by Gasteiger charge is 2.41. The predicted molar refractivity (Wildman–Crippen MR) is 84.0 cm³/mol. The maximum atomic E-state index is 13.7. The van der Waals surface area contributed by atoms with E-state index in [4.69, 9.17) is 28.9 Å². The zero-order valence-corrected chi connectivity index (χ0v) is 13.9. The summed E-state index contributed by atoms with van der Waals surface area (Å²) < 4.78 is 13.7. The topological polar surface area (TPSA) is 90.0 Å². The smallest absolute Gasteiger partial charge is 0.231 e. The van der Waals surface area contributed by atoms with Gasteiger partial charge in [-0.15, -0.1) is 11.6 Å². The molecule has 4 N–H and O–H groups in total. The van der Waals surface area contributed by atoms with Crippen molar-refractivity contribution in [1.29, 1.82) is 0 Å². The van der Waals surface area contributed by atoms with E-state index in [1.165, 1.54) is 17.0 Å². The van der Waals surface area contributed by atoms with Gasteiger partial charge >= 0.3 is 0 Å². The predicted octanol–water partition coefficient (Wildman–Crippen LogP) is 0.976. The van der Waals surface area contributed by atoms with Crippen molar-refractivity contribution in [1.82, 2.24) is 9.80 Å². The van der Waals surface area contributed by atoms with Crippen molar-refractivity contribution in [2.45, 2.75) is 31.4 Å². The first kappa shape index (κ1) is 18.4. The molecule has 128 valence electrons. The molecule has 9 heteroatoms. The van der Waals surface area contributed by atoms with Crippen LogP contribution in [0.3, 0.4) is 0 Å². The van der Waals surface area contributed by atoms with Crippen molar-refractivity contribution >= 4 is 29.1 Å². The lowest BCUT2D eigenvalue weighted by molar-refractivity contribution is -0.133. The van der Waals surface area contributed by atoms with Crippen LogP contribution in [0.2, 0.25) is 5.02 Å². The van der Waals surface area contributed by atoms with E-state index >= 15 is 0 Å². The van der Waals surface area contributed by atoms with Crippen LogP contribution in [0.5, 0.6) is 0 Å². The van der Waals surface area contributed by atoms with Crippen molar-refractivity contribution < 1.29 is 19.4 Å². The fourth-order valence-electron chi connectivity index (χ4n) is 2.77. The SMILES string of the molecule is CC(c1cc(F)cc(Cl)c1CCl)N1CC(O)N(CC(N)=O)[C@H]1O. The van der Waals surface area contributed by atoms with Crippen molar-refractivity contribution in [3.63, 3.8) is 0 Å². The van der Waals surface area contributed by atoms with E-state index in [0.717, 1.165) is 4.90 Å². The fourth-order valence-corrected chi connectivity index (χ4v) is 3.42. The van der Waals surface area contributed by atoms with Gasteiger partial charge < -0.3 is 15.9 Å². The van der Waals surface area contributed by atoms with Crippen LogP contribution in [0, 0.1) is 5.82 Å². The molecule has 0 bridgehead atoms. The molecule has 0 aliphatic carbocycles. The normalized spacial score (nSPS) is 24.1. The molecule has 0 radical (unpaired) electrons. The first-order valence-corrected chi connectivity index (χ1v) is 7.87. The number of aliphatic hydroxyl groups excluding tert-OH is 2. The monoisotopic (exact) mass is 365 g/mol. The fraction of sp³-hybridized carbons (Fsp3) is 0.500. The molecule has 1 fully saturated rings. The average Bonchev–Trinajstić information content (AvgIpc) is 2.73. The number of benzene rings is 1. The summed E-state index contributed by atoms with van der Waals surface area (Å²) in [6.07, 6.45) is -2.30. The van der Waals surface area contributed by atoms with Gasteiger partial charge in [0, 0.05) is 23.5 Å². The number of carbonyl (C=O) groups excluding carboxylic acids is 1. The van der Waals surface area contributed by atoms with Gasteiger partial charge in [0.2, 0.25) is 5.91 Å². The maximum Gasteiger partial charge on any atom is 0.231 e. The number of nitrogens with two attached hydrogens (primary N) is 1. The number of hydrogen-bond donors (Lipinski definition) is 3. The van der Waals surface area contributed by atoms with Crippen molar-refractivity contribution in [2.75, 3.05) is 13.1 Å². The third kappa shape index (κ3) is 3.76. The Morgan fingerprint density at radius 3 is 2.74 bits per heavy atom. The van der Waals surface area contributed by atoms with Gasteiger partial charge in [0.1, 0.15) is 12.0 Å². The van der Waals surface area contributed by atoms with Crippen LogP contribution in [-0.2, 0) is 10.7 Å². The summed E-state index contributed by atoms with van der Waals surface area (Å²) in [6, 6.07) is 1.98. The number of aliphatic hydroxyl groups is 2. The largest absolute Gasteiger partial charge is 0.377 e. The summed E-state index contributed by atoms with van der Waals surface area (Å²) in [6.45, 7) is 1.49. The minimum atomic E-state index is -1.24. The summed E-state index contributed by atoms with van der Waals surface area (Å²) in [7, 11) is 0. The standard InChI is InChI=1S/C14H18Cl2FN3O3/c1-7(9-2-8(17)3-11(16)10(9)4-15)19-6-13(22)20(14(19)23)5-12(18)21/h2-3,7,13-14,22-23H,4-6H2,1H3,(H2,18,21)/t7?,13?,14-/m0/s1. The van der Waals surface area contributed by atoms with E-state index in [1.54, 1.807) is 6.92 Å². The van der Waals surface area contributed by atoms with Crippen molar-refractivity contribution in [3.05, 3.63) is 34.1 Å². The number of nitrogens with zero attached hydrogens (tertiary/aromatic N) is 2. The first-order valence-electron chi connectivity index (χ1n) is 6.96. The van der Waals surface area contributed by atoms with Crippen molar-refractivity contribution in [3.8, 4) is 0 Å². The van der Waals surface area contributed by atoms with Crippen LogP contribution in [0.4, 0.5) is 4.39 Å². The van der Waals surface area contributed by atoms with E-state index in [0.29, 0.717) is 11.1 Å². The van der Waals surface area contributed by atoms with E-state index in [9.17, 15) is 19.4 Å². The molecule has 0 spiro atoms. The molecule has 3 atom stereocenters. The summed E-state index contributed by atoms with van der Waals surface area (Å²) in [5.41, 5.74) is 6.17.